The van der Waals surface area contributed by atoms with Crippen LogP contribution < -0.4 is 31.8 Å². The van der Waals surface area contributed by atoms with Gasteiger partial charge >= 0.3 is 10.2 Å². The van der Waals surface area contributed by atoms with Crippen molar-refractivity contribution in [3.63, 3.8) is 0 Å². The van der Waals surface area contributed by atoms with Gasteiger partial charge in [0.1, 0.15) is 31.8 Å². The van der Waals surface area contributed by atoms with Gasteiger partial charge in [0.25, 0.3) is 10.2 Å². The zero-order valence-corrected chi connectivity index (χ0v) is 29.6. The molecule has 0 saturated carbocycles. The zero-order valence-electron chi connectivity index (χ0n) is 25.9. The van der Waals surface area contributed by atoms with Crippen molar-refractivity contribution in [3.8, 4) is 0 Å². The minimum atomic E-state index is -1.50. The summed E-state index contributed by atoms with van der Waals surface area (Å²) in [4.78, 5) is 16.7. The van der Waals surface area contributed by atoms with Gasteiger partial charge in [-0.05, 0) is 72.8 Å². The molecule has 0 heterocycles. The Morgan fingerprint density at radius 3 is 0.592 bits per heavy atom. The molecule has 0 aliphatic rings. The third-order valence-corrected chi connectivity index (χ3v) is 11.8. The van der Waals surface area contributed by atoms with E-state index in [2.05, 4.69) is 182 Å². The number of rotatable bonds is 6. The van der Waals surface area contributed by atoms with Gasteiger partial charge in [0, 0.05) is 19.5 Å². The third kappa shape index (κ3) is 16.0. The summed E-state index contributed by atoms with van der Waals surface area (Å²) in [5.74, 6) is 0. The summed E-state index contributed by atoms with van der Waals surface area (Å²) in [6.45, 7) is 0. The van der Waals surface area contributed by atoms with Crippen molar-refractivity contribution in [1.82, 2.24) is 0 Å². The summed E-state index contributed by atoms with van der Waals surface area (Å²) < 4.78 is 7.25. The van der Waals surface area contributed by atoms with Gasteiger partial charge < -0.3 is 10.4 Å². The molecule has 0 unspecified atom stereocenters. The number of nitrogens with zero attached hydrogens (tertiary/aromatic N) is 3. The van der Waals surface area contributed by atoms with E-state index in [1.54, 1.807) is 0 Å². The van der Waals surface area contributed by atoms with Gasteiger partial charge in [0.2, 0.25) is 0 Å². The van der Waals surface area contributed by atoms with Crippen molar-refractivity contribution < 1.29 is 44.8 Å². The van der Waals surface area contributed by atoms with Crippen LogP contribution in [0.5, 0.6) is 0 Å². The van der Waals surface area contributed by atoms with Crippen molar-refractivity contribution in [2.45, 2.75) is 0 Å². The largest absolute Gasteiger partial charge is 0.328 e. The zero-order chi connectivity index (χ0) is 35.0. The molecule has 49 heavy (non-hydrogen) atoms. The van der Waals surface area contributed by atoms with Crippen LogP contribution in [0.25, 0.3) is 0 Å². The van der Waals surface area contributed by atoms with Crippen LogP contribution >= 0.6 is 15.8 Å². The second-order valence-corrected chi connectivity index (χ2v) is 14.4. The Morgan fingerprint density at radius 2 is 0.490 bits per heavy atom. The number of hydrogen-bond acceptors (Lipinski definition) is 5. The summed E-state index contributed by atoms with van der Waals surface area (Å²) in [5.41, 5.74) is 5.75. The van der Waals surface area contributed by atoms with Crippen molar-refractivity contribution >= 4 is 47.7 Å². The van der Waals surface area contributed by atoms with E-state index in [-0.39, 0.29) is 19.5 Å². The molecule has 6 aromatic rings. The van der Waals surface area contributed by atoms with Crippen LogP contribution in [0.4, 0.5) is 0 Å². The Kier molecular flexibility index (Phi) is 21.3. The van der Waals surface area contributed by atoms with Gasteiger partial charge in [-0.3, -0.25) is 0 Å². The molecule has 0 spiro atoms. The smallest absolute Gasteiger partial charge is 0.291 e. The third-order valence-electron chi connectivity index (χ3n) is 6.37. The summed E-state index contributed by atoms with van der Waals surface area (Å²) in [7, 11) is -1.75. The fraction of sp³-hybridized carbons (Fsp3) is 0. The maximum absolute atomic E-state index is 8.36. The van der Waals surface area contributed by atoms with Crippen molar-refractivity contribution in [2.75, 3.05) is 0 Å². The first kappa shape index (κ1) is 41.9. The van der Waals surface area contributed by atoms with Crippen LogP contribution in [-0.2, 0) is 24.3 Å². The Hall–Kier alpha value is -5.13. The Morgan fingerprint density at radius 1 is 0.388 bits per heavy atom. The average molecular weight is 786 g/mol. The van der Waals surface area contributed by atoms with Gasteiger partial charge in [0.05, 0.1) is 15.8 Å². The maximum Gasteiger partial charge on any atom is 0.291 e. The molecular formula is C36H34N3O7P2Rh+3. The van der Waals surface area contributed by atoms with E-state index in [1.165, 1.54) is 31.8 Å². The fourth-order valence-electron chi connectivity index (χ4n) is 4.63. The molecule has 2 N–H and O–H groups in total. The monoisotopic (exact) mass is 785 g/mol. The minimum absolute atomic E-state index is 0. The molecule has 0 aromatic heterocycles. The summed E-state index contributed by atoms with van der Waals surface area (Å²) in [5, 5.41) is 35.9. The molecule has 1 radical (unpaired) electrons. The van der Waals surface area contributed by atoms with Crippen molar-refractivity contribution in [1.29, 1.82) is 5.46 Å². The van der Waals surface area contributed by atoms with Crippen LogP contribution in [-0.4, -0.2) is 20.6 Å². The number of benzene rings is 6. The standard InChI is InChI=1S/2C18H15P.2HNO3.NO.Rh/c2*1-4-10-16(11-5-1)19(17-12-6-2-7-13-17)18-14-8-3-9-15-18;2*2-1(3)4;1-2;/h2*1-15H;2*(H,2,3,4);;/q;;;;+1;/p+2. The van der Waals surface area contributed by atoms with Crippen LogP contribution in [0.15, 0.2) is 182 Å². The Balaban J connectivity index is 0.000000381. The maximum atomic E-state index is 8.36. The fourth-order valence-corrected chi connectivity index (χ4v) is 9.78. The Labute approximate surface area is 299 Å². The molecule has 0 aliphatic heterocycles. The van der Waals surface area contributed by atoms with Gasteiger partial charge in [-0.15, -0.1) is 20.2 Å². The van der Waals surface area contributed by atoms with E-state index < -0.39 is 26.0 Å². The summed E-state index contributed by atoms with van der Waals surface area (Å²) in [6.07, 6.45) is 0. The molecule has 10 nitrogen and oxygen atoms in total. The van der Waals surface area contributed by atoms with Gasteiger partial charge in [-0.25, -0.2) is 0 Å². The average Bonchev–Trinajstić information content (AvgIpc) is 3.12. The molecule has 0 fully saturated rings. The van der Waals surface area contributed by atoms with Crippen LogP contribution in [0.2, 0.25) is 0 Å². The van der Waals surface area contributed by atoms with Crippen molar-refractivity contribution in [3.05, 3.63) is 202 Å². The minimum Gasteiger partial charge on any atom is -0.328 e. The first-order valence-electron chi connectivity index (χ1n) is 14.3. The van der Waals surface area contributed by atoms with E-state index in [1.807, 2.05) is 0 Å². The molecule has 0 saturated heterocycles. The summed E-state index contributed by atoms with van der Waals surface area (Å²) >= 11 is 0. The predicted octanol–water partition coefficient (Wildman–Crippen LogP) is 5.55. The molecule has 0 aliphatic carbocycles. The first-order valence-corrected chi connectivity index (χ1v) is 17.3. The van der Waals surface area contributed by atoms with E-state index in [0.29, 0.717) is 0 Å². The van der Waals surface area contributed by atoms with Crippen LogP contribution in [0.1, 0.15) is 0 Å². The van der Waals surface area contributed by atoms with E-state index >= 15 is 0 Å². The second-order valence-electron chi connectivity index (χ2n) is 9.42. The first-order chi connectivity index (χ1) is 23.4. The molecule has 0 amide bonds. The van der Waals surface area contributed by atoms with Crippen molar-refractivity contribution in [2.24, 2.45) is 0 Å². The quantitative estimate of drug-likeness (QED) is 0.0733. The summed E-state index contributed by atoms with van der Waals surface area (Å²) in [6, 6.07) is 65.0. The Bertz CT molecular complexity index is 1440. The molecular weight excluding hydrogens is 751 g/mol. The molecule has 6 rings (SSSR count). The van der Waals surface area contributed by atoms with Crippen LogP contribution in [0.3, 0.4) is 0 Å². The van der Waals surface area contributed by atoms with E-state index in [9.17, 15) is 0 Å². The molecule has 251 valence electrons. The molecule has 13 heteroatoms. The number of hydrogen-bond donors (Lipinski definition) is 2. The van der Waals surface area contributed by atoms with Gasteiger partial charge in [-0.1, -0.05) is 109 Å². The molecule has 0 atom stereocenters. The SMILES string of the molecule is N#[O+].O=[N+]([O-])O.O=[N+]([O-])O.[Rh].c1ccc([PH+](c2ccccc2)c2ccccc2)cc1.c1ccc([PH+](c2ccccc2)c2ccccc2)cc1. The van der Waals surface area contributed by atoms with E-state index in [4.69, 9.17) is 40.9 Å². The normalized spacial score (nSPS) is 9.22. The molecule has 0 bridgehead atoms. The predicted molar refractivity (Wildman–Crippen MR) is 193 cm³/mol. The van der Waals surface area contributed by atoms with Crippen LogP contribution in [0, 0.1) is 25.7 Å². The van der Waals surface area contributed by atoms with Gasteiger partial charge in [0.15, 0.2) is 0 Å². The van der Waals surface area contributed by atoms with Gasteiger partial charge in [-0.2, -0.15) is 0 Å². The second kappa shape index (κ2) is 25.0. The topological polar surface area (TPSA) is 170 Å². The molecule has 6 aromatic carbocycles. The van der Waals surface area contributed by atoms with E-state index in [0.717, 1.165) is 0 Å².